The Hall–Kier alpha value is -1.82. The van der Waals surface area contributed by atoms with Crippen molar-refractivity contribution in [2.45, 2.75) is 103 Å². The van der Waals surface area contributed by atoms with Crippen LogP contribution < -0.4 is 39.9 Å². The van der Waals surface area contributed by atoms with Gasteiger partial charge in [0.15, 0.2) is 0 Å². The van der Waals surface area contributed by atoms with Crippen LogP contribution in [-0.2, 0) is 14.3 Å². The summed E-state index contributed by atoms with van der Waals surface area (Å²) in [5.41, 5.74) is 0.665. The molecule has 0 spiro atoms. The Labute approximate surface area is 266 Å². The third-order valence-electron chi connectivity index (χ3n) is 6.81. The van der Waals surface area contributed by atoms with Gasteiger partial charge in [0.1, 0.15) is 6.61 Å². The second kappa shape index (κ2) is 23.7. The second-order valence-corrected chi connectivity index (χ2v) is 12.0. The average molecular weight is 692 g/mol. The molecule has 1 aliphatic heterocycles. The molecule has 1 atom stereocenters. The zero-order chi connectivity index (χ0) is 29.6. The van der Waals surface area contributed by atoms with E-state index < -0.39 is 5.97 Å². The molecule has 41 heavy (non-hydrogen) atoms. The molecule has 0 aromatic heterocycles. The summed E-state index contributed by atoms with van der Waals surface area (Å²) in [5, 5.41) is 8.67. The summed E-state index contributed by atoms with van der Waals surface area (Å²) in [6.07, 6.45) is 21.6. The molecule has 0 radical (unpaired) electrons. The first-order valence-corrected chi connectivity index (χ1v) is 15.5. The van der Waals surface area contributed by atoms with Crippen molar-refractivity contribution in [3.63, 3.8) is 0 Å². The van der Waals surface area contributed by atoms with Crippen LogP contribution >= 0.6 is 0 Å². The first-order valence-electron chi connectivity index (χ1n) is 15.5. The van der Waals surface area contributed by atoms with Crippen LogP contribution in [0.5, 0.6) is 0 Å². The molecule has 3 amide bonds. The quantitative estimate of drug-likeness (QED) is 0.0698. The molecule has 0 aliphatic carbocycles. The van der Waals surface area contributed by atoms with Gasteiger partial charge in [0.25, 0.3) is 0 Å². The van der Waals surface area contributed by atoms with E-state index in [0.29, 0.717) is 29.6 Å². The number of halogens is 1. The lowest BCUT2D eigenvalue weighted by atomic mass is 10.1. The van der Waals surface area contributed by atoms with E-state index in [4.69, 9.17) is 4.74 Å². The van der Waals surface area contributed by atoms with Crippen LogP contribution in [-0.4, -0.2) is 87.8 Å². The Morgan fingerprint density at radius 3 is 2.05 bits per heavy atom. The molecule has 9 nitrogen and oxygen atoms in total. The van der Waals surface area contributed by atoms with Gasteiger partial charge < -0.3 is 54.0 Å². The number of rotatable bonds is 22. The molecule has 0 unspecified atom stereocenters. The van der Waals surface area contributed by atoms with Crippen LogP contribution in [0.15, 0.2) is 24.0 Å². The number of ether oxygens (including phenoxy) is 1. The molecule has 238 valence electrons. The van der Waals surface area contributed by atoms with Gasteiger partial charge in [-0.25, -0.2) is 4.79 Å². The highest BCUT2D eigenvalue weighted by molar-refractivity contribution is 5.93. The van der Waals surface area contributed by atoms with Gasteiger partial charge in [-0.2, -0.15) is 0 Å². The molecule has 1 aliphatic rings. The highest BCUT2D eigenvalue weighted by Crippen LogP contribution is 2.12. The van der Waals surface area contributed by atoms with Gasteiger partial charge in [0, 0.05) is 25.4 Å². The van der Waals surface area contributed by atoms with Gasteiger partial charge in [-0.3, -0.25) is 9.59 Å². The molecule has 0 fully saturated rings. The smallest absolute Gasteiger partial charge is 0.315 e. The van der Waals surface area contributed by atoms with Gasteiger partial charge in [0.05, 0.1) is 46.7 Å². The summed E-state index contributed by atoms with van der Waals surface area (Å²) in [6.45, 7) is 3.80. The first-order chi connectivity index (χ1) is 19.1. The molecule has 1 rings (SSSR count). The predicted molar refractivity (Wildman–Crippen MR) is 162 cm³/mol. The number of quaternary nitrogens is 1. The fraction of sp³-hybridized carbons (Fsp3) is 0.774. The number of nitrogens with one attached hydrogen (secondary N) is 3. The van der Waals surface area contributed by atoms with Crippen molar-refractivity contribution in [1.82, 2.24) is 20.9 Å². The average Bonchev–Trinajstić information content (AvgIpc) is 2.88. The molecule has 0 aromatic carbocycles. The van der Waals surface area contributed by atoms with Crippen LogP contribution in [0.25, 0.3) is 0 Å². The molecule has 0 saturated heterocycles. The Balaban J connectivity index is 0.0000160. The summed E-state index contributed by atoms with van der Waals surface area (Å²) in [5.74, 6) is -0.560. The van der Waals surface area contributed by atoms with E-state index in [1.54, 1.807) is 6.20 Å². The van der Waals surface area contributed by atoms with Gasteiger partial charge in [-0.05, 0) is 19.0 Å². The van der Waals surface area contributed by atoms with Crippen molar-refractivity contribution in [2.24, 2.45) is 0 Å². The fourth-order valence-corrected chi connectivity index (χ4v) is 4.77. The Bertz CT molecular complexity index is 798. The normalized spacial score (nSPS) is 13.6. The minimum Gasteiger partial charge on any atom is -1.00 e. The van der Waals surface area contributed by atoms with Gasteiger partial charge in [-0.1, -0.05) is 83.6 Å². The maximum Gasteiger partial charge on any atom is 0.315 e. The van der Waals surface area contributed by atoms with Crippen molar-refractivity contribution in [3.8, 4) is 0 Å². The molecule has 1 heterocycles. The second-order valence-electron chi connectivity index (χ2n) is 12.0. The third-order valence-corrected chi connectivity index (χ3v) is 6.81. The number of esters is 1. The fourth-order valence-electron chi connectivity index (χ4n) is 4.77. The number of nitrogens with zero attached hydrogens (tertiary/aromatic N) is 2. The summed E-state index contributed by atoms with van der Waals surface area (Å²) in [4.78, 5) is 39.0. The van der Waals surface area contributed by atoms with Crippen molar-refractivity contribution in [2.75, 3.05) is 54.4 Å². The van der Waals surface area contributed by atoms with Crippen LogP contribution in [0.2, 0.25) is 0 Å². The summed E-state index contributed by atoms with van der Waals surface area (Å²) < 4.78 is 5.94. The molecule has 0 aromatic rings. The largest absolute Gasteiger partial charge is 1.00 e. The summed E-state index contributed by atoms with van der Waals surface area (Å²) in [6, 6.07) is -0.597. The number of hydrogen-bond acceptors (Lipinski definition) is 5. The van der Waals surface area contributed by atoms with E-state index in [1.165, 1.54) is 64.2 Å². The number of allylic oxidation sites excluding steroid dienone is 1. The van der Waals surface area contributed by atoms with Crippen LogP contribution in [0.1, 0.15) is 96.8 Å². The third kappa shape index (κ3) is 22.5. The number of carbonyl (C=O) groups is 3. The number of likely N-dealkylation sites (N-methyl/N-ethyl adjacent to an activating group) is 1. The van der Waals surface area contributed by atoms with E-state index in [0.717, 1.165) is 12.8 Å². The maximum absolute atomic E-state index is 12.5. The zero-order valence-electron chi connectivity index (χ0n) is 26.4. The summed E-state index contributed by atoms with van der Waals surface area (Å²) in [7, 11) is 7.93. The molecule has 0 bridgehead atoms. The van der Waals surface area contributed by atoms with E-state index in [1.807, 2.05) is 45.4 Å². The molecule has 10 heteroatoms. The predicted octanol–water partition coefficient (Wildman–Crippen LogP) is 1.85. The lowest BCUT2D eigenvalue weighted by Gasteiger charge is -2.29. The molecule has 3 N–H and O–H groups in total. The topological polar surface area (TPSA) is 99.8 Å². The van der Waals surface area contributed by atoms with Crippen molar-refractivity contribution in [1.29, 1.82) is 0 Å². The minimum absolute atomic E-state index is 0. The lowest BCUT2D eigenvalue weighted by Crippen LogP contribution is -3.00. The van der Waals surface area contributed by atoms with Crippen LogP contribution in [0.3, 0.4) is 0 Å². The number of carbonyl (C=O) groups excluding carboxylic acids is 3. The standard InChI is InChI=1S/C31H57N5O4.HI/c1-6-7-8-9-10-11-12-13-14-15-16-17-20-33-31(39)34-28(26-36(3,4)5)24-29(37)40-23-21-32-30(38)27-19-18-22-35(2)25-27;/h18,22,25,28H,6-17,19-21,23-24,26H2,1-5H3,(H2-,32,33,34,38,39);1H/t28-;/m1./s1. The van der Waals surface area contributed by atoms with Gasteiger partial charge >= 0.3 is 12.0 Å². The Morgan fingerprint density at radius 1 is 0.902 bits per heavy atom. The first kappa shape index (κ1) is 39.2. The van der Waals surface area contributed by atoms with E-state index in [9.17, 15) is 14.4 Å². The minimum atomic E-state index is -0.395. The Morgan fingerprint density at radius 2 is 1.49 bits per heavy atom. The molecule has 0 saturated carbocycles. The summed E-state index contributed by atoms with van der Waals surface area (Å²) >= 11 is 0. The van der Waals surface area contributed by atoms with Crippen LogP contribution in [0.4, 0.5) is 4.79 Å². The number of amides is 3. The monoisotopic (exact) mass is 691 g/mol. The number of hydrogen-bond donors (Lipinski definition) is 3. The van der Waals surface area contributed by atoms with Gasteiger partial charge in [-0.15, -0.1) is 0 Å². The Kier molecular flexibility index (Phi) is 22.7. The highest BCUT2D eigenvalue weighted by Gasteiger charge is 2.24. The van der Waals surface area contributed by atoms with E-state index in [2.05, 4.69) is 22.9 Å². The number of unbranched alkanes of at least 4 members (excludes halogenated alkanes) is 11. The van der Waals surface area contributed by atoms with E-state index in [-0.39, 0.29) is 61.5 Å². The zero-order valence-corrected chi connectivity index (χ0v) is 28.6. The molecular formula is C31H58IN5O4. The van der Waals surface area contributed by atoms with E-state index >= 15 is 0 Å². The van der Waals surface area contributed by atoms with Crippen molar-refractivity contribution >= 4 is 17.9 Å². The SMILES string of the molecule is CCCCCCCCCCCCCCNC(=O)N[C@H](CC(=O)OCCNC(=O)C1=CN(C)C=CC1)C[N+](C)(C)C.[I-]. The van der Waals surface area contributed by atoms with Gasteiger partial charge in [0.2, 0.25) is 5.91 Å². The van der Waals surface area contributed by atoms with Crippen molar-refractivity contribution in [3.05, 3.63) is 24.0 Å². The van der Waals surface area contributed by atoms with Crippen molar-refractivity contribution < 1.29 is 47.6 Å². The van der Waals surface area contributed by atoms with Crippen LogP contribution in [0, 0.1) is 0 Å². The maximum atomic E-state index is 12.5. The lowest BCUT2D eigenvalue weighted by molar-refractivity contribution is -0.871. The highest BCUT2D eigenvalue weighted by atomic mass is 127. The number of urea groups is 1. The molecular weight excluding hydrogens is 633 g/mol.